The number of nitrogens with one attached hydrogen (secondary N) is 1. The number of anilines is 1. The van der Waals surface area contributed by atoms with Crippen LogP contribution >= 0.6 is 0 Å². The first-order chi connectivity index (χ1) is 12.2. The summed E-state index contributed by atoms with van der Waals surface area (Å²) in [4.78, 5) is 13.0. The van der Waals surface area contributed by atoms with Gasteiger partial charge in [0.25, 0.3) is 5.91 Å². The SMILES string of the molecule is CCCCn1c(C(=O)Nc2ccc(CC)cc2)c(C)c2ccccc21. The quantitative estimate of drug-likeness (QED) is 0.628. The first-order valence-corrected chi connectivity index (χ1v) is 9.13. The first kappa shape index (κ1) is 17.3. The molecule has 0 spiro atoms. The summed E-state index contributed by atoms with van der Waals surface area (Å²) in [6, 6.07) is 16.4. The van der Waals surface area contributed by atoms with Gasteiger partial charge in [0.1, 0.15) is 5.69 Å². The summed E-state index contributed by atoms with van der Waals surface area (Å²) in [6.07, 6.45) is 3.16. The van der Waals surface area contributed by atoms with Gasteiger partial charge in [-0.1, -0.05) is 50.6 Å². The molecule has 3 nitrogen and oxygen atoms in total. The van der Waals surface area contributed by atoms with Crippen molar-refractivity contribution in [2.75, 3.05) is 5.32 Å². The second-order valence-electron chi connectivity index (χ2n) is 6.50. The van der Waals surface area contributed by atoms with Crippen molar-refractivity contribution in [3.8, 4) is 0 Å². The first-order valence-electron chi connectivity index (χ1n) is 9.13. The van der Waals surface area contributed by atoms with E-state index in [0.717, 1.165) is 53.7 Å². The molecule has 1 amide bonds. The Kier molecular flexibility index (Phi) is 5.22. The van der Waals surface area contributed by atoms with Gasteiger partial charge in [0.15, 0.2) is 0 Å². The molecule has 1 heterocycles. The van der Waals surface area contributed by atoms with Crippen molar-refractivity contribution in [3.63, 3.8) is 0 Å². The Hall–Kier alpha value is -2.55. The highest BCUT2D eigenvalue weighted by molar-refractivity contribution is 6.08. The predicted octanol–water partition coefficient (Wildman–Crippen LogP) is 5.56. The maximum Gasteiger partial charge on any atom is 0.272 e. The molecule has 1 aromatic heterocycles. The number of fused-ring (bicyclic) bond motifs is 1. The van der Waals surface area contributed by atoms with Crippen LogP contribution in [0.5, 0.6) is 0 Å². The van der Waals surface area contributed by atoms with E-state index in [1.165, 1.54) is 5.56 Å². The Labute approximate surface area is 149 Å². The van der Waals surface area contributed by atoms with Gasteiger partial charge in [0.2, 0.25) is 0 Å². The minimum absolute atomic E-state index is 0.0333. The molecule has 25 heavy (non-hydrogen) atoms. The fraction of sp³-hybridized carbons (Fsp3) is 0.318. The second kappa shape index (κ2) is 7.56. The van der Waals surface area contributed by atoms with E-state index in [1.54, 1.807) is 0 Å². The smallest absolute Gasteiger partial charge is 0.272 e. The molecule has 0 saturated heterocycles. The average molecular weight is 334 g/mol. The Morgan fingerprint density at radius 3 is 2.44 bits per heavy atom. The highest BCUT2D eigenvalue weighted by atomic mass is 16.2. The second-order valence-corrected chi connectivity index (χ2v) is 6.50. The number of nitrogens with zero attached hydrogens (tertiary/aromatic N) is 1. The Morgan fingerprint density at radius 2 is 1.76 bits per heavy atom. The molecule has 3 heteroatoms. The highest BCUT2D eigenvalue weighted by Crippen LogP contribution is 2.27. The summed E-state index contributed by atoms with van der Waals surface area (Å²) in [5.41, 5.74) is 5.07. The lowest BCUT2D eigenvalue weighted by atomic mass is 10.1. The zero-order valence-electron chi connectivity index (χ0n) is 15.3. The van der Waals surface area contributed by atoms with E-state index < -0.39 is 0 Å². The minimum Gasteiger partial charge on any atom is -0.336 e. The third kappa shape index (κ3) is 3.46. The third-order valence-electron chi connectivity index (χ3n) is 4.79. The fourth-order valence-corrected chi connectivity index (χ4v) is 3.33. The zero-order valence-corrected chi connectivity index (χ0v) is 15.3. The Bertz CT molecular complexity index is 875. The molecule has 3 aromatic rings. The molecule has 0 aliphatic rings. The normalized spacial score (nSPS) is 11.0. The molecule has 3 rings (SSSR count). The van der Waals surface area contributed by atoms with Crippen LogP contribution in [0.1, 0.15) is 48.3 Å². The summed E-state index contributed by atoms with van der Waals surface area (Å²) in [5, 5.41) is 4.23. The molecule has 130 valence electrons. The lowest BCUT2D eigenvalue weighted by molar-refractivity contribution is 0.101. The molecule has 2 aromatic carbocycles. The molecular formula is C22H26N2O. The number of para-hydroxylation sites is 1. The van der Waals surface area contributed by atoms with Crippen molar-refractivity contribution < 1.29 is 4.79 Å². The molecule has 0 fully saturated rings. The largest absolute Gasteiger partial charge is 0.336 e. The number of carbonyl (C=O) groups is 1. The van der Waals surface area contributed by atoms with Crippen molar-refractivity contribution in [2.24, 2.45) is 0 Å². The van der Waals surface area contributed by atoms with Crippen LogP contribution in [-0.2, 0) is 13.0 Å². The predicted molar refractivity (Wildman–Crippen MR) is 105 cm³/mol. The van der Waals surface area contributed by atoms with Crippen LogP contribution in [0.4, 0.5) is 5.69 Å². The maximum atomic E-state index is 13.0. The van der Waals surface area contributed by atoms with Crippen molar-refractivity contribution in [2.45, 2.75) is 46.6 Å². The standard InChI is InChI=1S/C22H26N2O/c1-4-6-15-24-20-10-8-7-9-19(20)16(3)21(24)22(25)23-18-13-11-17(5-2)12-14-18/h7-14H,4-6,15H2,1-3H3,(H,23,25). The Morgan fingerprint density at radius 1 is 1.04 bits per heavy atom. The molecule has 0 unspecified atom stereocenters. The van der Waals surface area contributed by atoms with E-state index in [-0.39, 0.29) is 5.91 Å². The van der Waals surface area contributed by atoms with Crippen LogP contribution in [0.25, 0.3) is 10.9 Å². The van der Waals surface area contributed by atoms with E-state index in [1.807, 2.05) is 31.2 Å². The monoisotopic (exact) mass is 334 g/mol. The van der Waals surface area contributed by atoms with Gasteiger partial charge in [0, 0.05) is 23.1 Å². The van der Waals surface area contributed by atoms with Gasteiger partial charge < -0.3 is 9.88 Å². The van der Waals surface area contributed by atoms with Crippen LogP contribution < -0.4 is 5.32 Å². The topological polar surface area (TPSA) is 34.0 Å². The zero-order chi connectivity index (χ0) is 17.8. The van der Waals surface area contributed by atoms with Crippen molar-refractivity contribution in [1.82, 2.24) is 4.57 Å². The number of rotatable bonds is 6. The fourth-order valence-electron chi connectivity index (χ4n) is 3.33. The molecule has 0 radical (unpaired) electrons. The van der Waals surface area contributed by atoms with E-state index in [4.69, 9.17) is 0 Å². The molecule has 0 atom stereocenters. The van der Waals surface area contributed by atoms with Crippen molar-refractivity contribution in [1.29, 1.82) is 0 Å². The highest BCUT2D eigenvalue weighted by Gasteiger charge is 2.19. The number of hydrogen-bond acceptors (Lipinski definition) is 1. The van der Waals surface area contributed by atoms with Crippen LogP contribution in [0.2, 0.25) is 0 Å². The lowest BCUT2D eigenvalue weighted by Crippen LogP contribution is -2.18. The number of amides is 1. The summed E-state index contributed by atoms with van der Waals surface area (Å²) in [6.45, 7) is 7.21. The minimum atomic E-state index is -0.0333. The number of aromatic nitrogens is 1. The van der Waals surface area contributed by atoms with E-state index in [2.05, 4.69) is 48.0 Å². The Balaban J connectivity index is 1.97. The lowest BCUT2D eigenvalue weighted by Gasteiger charge is -2.12. The number of hydrogen-bond donors (Lipinski definition) is 1. The van der Waals surface area contributed by atoms with Crippen molar-refractivity contribution in [3.05, 3.63) is 65.4 Å². The van der Waals surface area contributed by atoms with E-state index >= 15 is 0 Å². The van der Waals surface area contributed by atoms with Crippen LogP contribution in [0.3, 0.4) is 0 Å². The van der Waals surface area contributed by atoms with E-state index in [0.29, 0.717) is 0 Å². The van der Waals surface area contributed by atoms with Gasteiger partial charge in [-0.2, -0.15) is 0 Å². The van der Waals surface area contributed by atoms with Gasteiger partial charge >= 0.3 is 0 Å². The number of aryl methyl sites for hydroxylation is 3. The third-order valence-corrected chi connectivity index (χ3v) is 4.79. The number of unbranched alkanes of at least 4 members (excludes halogenated alkanes) is 1. The maximum absolute atomic E-state index is 13.0. The van der Waals surface area contributed by atoms with Gasteiger partial charge in [-0.05, 0) is 49.1 Å². The molecule has 0 aliphatic heterocycles. The molecule has 0 aliphatic carbocycles. The summed E-state index contributed by atoms with van der Waals surface area (Å²) in [7, 11) is 0. The van der Waals surface area contributed by atoms with Gasteiger partial charge in [-0.3, -0.25) is 4.79 Å². The molecular weight excluding hydrogens is 308 g/mol. The van der Waals surface area contributed by atoms with Gasteiger partial charge in [-0.15, -0.1) is 0 Å². The van der Waals surface area contributed by atoms with Crippen LogP contribution in [-0.4, -0.2) is 10.5 Å². The van der Waals surface area contributed by atoms with Gasteiger partial charge in [0.05, 0.1) is 0 Å². The number of carbonyl (C=O) groups excluding carboxylic acids is 1. The molecule has 0 bridgehead atoms. The number of benzene rings is 2. The summed E-state index contributed by atoms with van der Waals surface area (Å²) in [5.74, 6) is -0.0333. The van der Waals surface area contributed by atoms with Gasteiger partial charge in [-0.25, -0.2) is 0 Å². The van der Waals surface area contributed by atoms with Crippen LogP contribution in [0.15, 0.2) is 48.5 Å². The molecule has 0 saturated carbocycles. The molecule has 1 N–H and O–H groups in total. The summed E-state index contributed by atoms with van der Waals surface area (Å²) < 4.78 is 2.17. The van der Waals surface area contributed by atoms with E-state index in [9.17, 15) is 4.79 Å². The summed E-state index contributed by atoms with van der Waals surface area (Å²) >= 11 is 0. The van der Waals surface area contributed by atoms with Crippen LogP contribution in [0, 0.1) is 6.92 Å². The van der Waals surface area contributed by atoms with Crippen molar-refractivity contribution >= 4 is 22.5 Å². The average Bonchev–Trinajstić information content (AvgIpc) is 2.93.